The summed E-state index contributed by atoms with van der Waals surface area (Å²) in [5, 5.41) is 11.4. The van der Waals surface area contributed by atoms with Crippen molar-refractivity contribution in [1.82, 2.24) is 4.90 Å². The first kappa shape index (κ1) is 15.9. The molecule has 2 aromatic rings. The standard InChI is InChI=1S/C17H13N3O3S/c1-19-16(21)15(11-12-6-5-9-14(10-12)20(22)23)24-17(19)18-13-7-3-2-4-8-13/h2-11H,1H3/b15-11+,18-17?. The summed E-state index contributed by atoms with van der Waals surface area (Å²) in [6.45, 7) is 0. The monoisotopic (exact) mass is 339 g/mol. The molecular formula is C17H13N3O3S. The summed E-state index contributed by atoms with van der Waals surface area (Å²) in [5.41, 5.74) is 1.36. The number of carbonyl (C=O) groups excluding carboxylic acids is 1. The van der Waals surface area contributed by atoms with Crippen LogP contribution in [0.2, 0.25) is 0 Å². The molecule has 0 unspecified atom stereocenters. The van der Waals surface area contributed by atoms with Crippen LogP contribution in [0.1, 0.15) is 5.56 Å². The minimum Gasteiger partial charge on any atom is -0.290 e. The first-order valence-corrected chi connectivity index (χ1v) is 7.92. The van der Waals surface area contributed by atoms with E-state index in [9.17, 15) is 14.9 Å². The van der Waals surface area contributed by atoms with Crippen LogP contribution >= 0.6 is 11.8 Å². The van der Waals surface area contributed by atoms with E-state index in [4.69, 9.17) is 0 Å². The average molecular weight is 339 g/mol. The van der Waals surface area contributed by atoms with Crippen molar-refractivity contribution in [3.05, 3.63) is 75.2 Å². The van der Waals surface area contributed by atoms with Crippen molar-refractivity contribution in [3.8, 4) is 0 Å². The lowest BCUT2D eigenvalue weighted by Gasteiger charge is -2.06. The molecular weight excluding hydrogens is 326 g/mol. The molecule has 3 rings (SSSR count). The van der Waals surface area contributed by atoms with Gasteiger partial charge < -0.3 is 0 Å². The number of likely N-dealkylation sites (N-methyl/N-ethyl adjacent to an activating group) is 1. The third kappa shape index (κ3) is 3.36. The van der Waals surface area contributed by atoms with Crippen LogP contribution in [0.4, 0.5) is 11.4 Å². The zero-order chi connectivity index (χ0) is 17.1. The molecule has 0 spiro atoms. The molecule has 24 heavy (non-hydrogen) atoms. The summed E-state index contributed by atoms with van der Waals surface area (Å²) in [6, 6.07) is 15.5. The molecule has 0 bridgehead atoms. The quantitative estimate of drug-likeness (QED) is 0.484. The lowest BCUT2D eigenvalue weighted by atomic mass is 10.2. The van der Waals surface area contributed by atoms with E-state index in [0.29, 0.717) is 15.6 Å². The van der Waals surface area contributed by atoms with Gasteiger partial charge in [-0.2, -0.15) is 0 Å². The van der Waals surface area contributed by atoms with Crippen molar-refractivity contribution in [2.45, 2.75) is 0 Å². The molecule has 1 amide bonds. The Morgan fingerprint density at radius 3 is 2.62 bits per heavy atom. The van der Waals surface area contributed by atoms with E-state index < -0.39 is 4.92 Å². The smallest absolute Gasteiger partial charge is 0.270 e. The summed E-state index contributed by atoms with van der Waals surface area (Å²) in [5.74, 6) is -0.179. The van der Waals surface area contributed by atoms with Crippen LogP contribution < -0.4 is 0 Å². The van der Waals surface area contributed by atoms with Crippen LogP contribution in [0.25, 0.3) is 6.08 Å². The number of amides is 1. The number of nitro benzene ring substituents is 1. The van der Waals surface area contributed by atoms with Gasteiger partial charge in [0.25, 0.3) is 11.6 Å². The summed E-state index contributed by atoms with van der Waals surface area (Å²) < 4.78 is 0. The van der Waals surface area contributed by atoms with Gasteiger partial charge in [-0.15, -0.1) is 0 Å². The number of benzene rings is 2. The maximum Gasteiger partial charge on any atom is 0.270 e. The third-order valence-electron chi connectivity index (χ3n) is 3.36. The number of hydrogen-bond acceptors (Lipinski definition) is 5. The number of para-hydroxylation sites is 1. The van der Waals surface area contributed by atoms with Crippen LogP contribution in [0.15, 0.2) is 64.5 Å². The number of amidine groups is 1. The minimum atomic E-state index is -0.458. The molecule has 1 heterocycles. The Morgan fingerprint density at radius 2 is 1.92 bits per heavy atom. The van der Waals surface area contributed by atoms with E-state index in [0.717, 1.165) is 5.69 Å². The zero-order valence-electron chi connectivity index (χ0n) is 12.7. The topological polar surface area (TPSA) is 75.8 Å². The molecule has 0 aromatic heterocycles. The number of carbonyl (C=O) groups is 1. The fourth-order valence-corrected chi connectivity index (χ4v) is 3.13. The predicted molar refractivity (Wildman–Crippen MR) is 95.0 cm³/mol. The lowest BCUT2D eigenvalue weighted by Crippen LogP contribution is -2.23. The number of nitro groups is 1. The molecule has 0 N–H and O–H groups in total. The van der Waals surface area contributed by atoms with Crippen LogP contribution in [0, 0.1) is 10.1 Å². The van der Waals surface area contributed by atoms with E-state index in [2.05, 4.69) is 4.99 Å². The molecule has 0 aliphatic carbocycles. The fraction of sp³-hybridized carbons (Fsp3) is 0.0588. The number of thioether (sulfide) groups is 1. The van der Waals surface area contributed by atoms with Crippen LogP contribution in [-0.2, 0) is 4.79 Å². The molecule has 7 heteroatoms. The van der Waals surface area contributed by atoms with Crippen LogP contribution in [0.3, 0.4) is 0 Å². The average Bonchev–Trinajstić information content (AvgIpc) is 2.84. The number of aliphatic imine (C=N–C) groups is 1. The van der Waals surface area contributed by atoms with Crippen molar-refractivity contribution in [1.29, 1.82) is 0 Å². The Labute approximate surface area is 142 Å². The highest BCUT2D eigenvalue weighted by molar-refractivity contribution is 8.18. The number of non-ortho nitro benzene ring substituents is 1. The summed E-state index contributed by atoms with van der Waals surface area (Å²) in [7, 11) is 1.66. The number of rotatable bonds is 3. The molecule has 120 valence electrons. The first-order chi connectivity index (χ1) is 11.5. The lowest BCUT2D eigenvalue weighted by molar-refractivity contribution is -0.384. The Hall–Kier alpha value is -2.93. The zero-order valence-corrected chi connectivity index (χ0v) is 13.6. The molecule has 1 aliphatic heterocycles. The van der Waals surface area contributed by atoms with Crippen LogP contribution in [-0.4, -0.2) is 27.9 Å². The summed E-state index contributed by atoms with van der Waals surface area (Å²) >= 11 is 1.25. The maximum atomic E-state index is 12.4. The predicted octanol–water partition coefficient (Wildman–Crippen LogP) is 3.83. The molecule has 2 aromatic carbocycles. The Bertz CT molecular complexity index is 862. The van der Waals surface area contributed by atoms with Gasteiger partial charge in [-0.3, -0.25) is 19.8 Å². The second kappa shape index (κ2) is 6.67. The number of hydrogen-bond donors (Lipinski definition) is 0. The Kier molecular flexibility index (Phi) is 4.43. The largest absolute Gasteiger partial charge is 0.290 e. The second-order valence-electron chi connectivity index (χ2n) is 5.06. The van der Waals surface area contributed by atoms with Crippen molar-refractivity contribution >= 4 is 40.3 Å². The van der Waals surface area contributed by atoms with Gasteiger partial charge in [0.15, 0.2) is 5.17 Å². The van der Waals surface area contributed by atoms with Crippen molar-refractivity contribution in [3.63, 3.8) is 0 Å². The van der Waals surface area contributed by atoms with Crippen molar-refractivity contribution in [2.75, 3.05) is 7.05 Å². The highest BCUT2D eigenvalue weighted by Crippen LogP contribution is 2.33. The van der Waals surface area contributed by atoms with Gasteiger partial charge in [0.05, 0.1) is 15.5 Å². The molecule has 1 saturated heterocycles. The van der Waals surface area contributed by atoms with E-state index >= 15 is 0 Å². The minimum absolute atomic E-state index is 0.00803. The Balaban J connectivity index is 1.90. The van der Waals surface area contributed by atoms with Crippen LogP contribution in [0.5, 0.6) is 0 Å². The highest BCUT2D eigenvalue weighted by atomic mass is 32.2. The van der Waals surface area contributed by atoms with E-state index in [-0.39, 0.29) is 11.6 Å². The normalized spacial score (nSPS) is 17.7. The van der Waals surface area contributed by atoms with Gasteiger partial charge in [0.2, 0.25) is 0 Å². The molecule has 0 radical (unpaired) electrons. The second-order valence-corrected chi connectivity index (χ2v) is 6.07. The van der Waals surface area contributed by atoms with Gasteiger partial charge >= 0.3 is 0 Å². The van der Waals surface area contributed by atoms with Gasteiger partial charge in [-0.25, -0.2) is 4.99 Å². The van der Waals surface area contributed by atoms with Crippen molar-refractivity contribution < 1.29 is 9.72 Å². The Morgan fingerprint density at radius 1 is 1.17 bits per heavy atom. The third-order valence-corrected chi connectivity index (χ3v) is 4.42. The molecule has 0 atom stereocenters. The molecule has 0 saturated carbocycles. The molecule has 1 aliphatic rings. The van der Waals surface area contributed by atoms with Crippen molar-refractivity contribution in [2.24, 2.45) is 4.99 Å². The SMILES string of the molecule is CN1C(=O)/C(=C\c2cccc([N+](=O)[O-])c2)SC1=Nc1ccccc1. The van der Waals surface area contributed by atoms with Gasteiger partial charge in [-0.05, 0) is 35.5 Å². The summed E-state index contributed by atoms with van der Waals surface area (Å²) in [4.78, 5) is 29.2. The van der Waals surface area contributed by atoms with E-state index in [1.54, 1.807) is 25.3 Å². The summed E-state index contributed by atoms with van der Waals surface area (Å²) in [6.07, 6.45) is 1.64. The number of nitrogens with zero attached hydrogens (tertiary/aromatic N) is 3. The highest BCUT2D eigenvalue weighted by Gasteiger charge is 2.30. The van der Waals surface area contributed by atoms with Gasteiger partial charge in [0.1, 0.15) is 0 Å². The fourth-order valence-electron chi connectivity index (χ4n) is 2.14. The molecule has 1 fully saturated rings. The van der Waals surface area contributed by atoms with Gasteiger partial charge in [-0.1, -0.05) is 30.3 Å². The maximum absolute atomic E-state index is 12.4. The van der Waals surface area contributed by atoms with E-state index in [1.165, 1.54) is 28.8 Å². The molecule has 6 nitrogen and oxygen atoms in total. The van der Waals surface area contributed by atoms with Gasteiger partial charge in [0, 0.05) is 19.2 Å². The van der Waals surface area contributed by atoms with E-state index in [1.807, 2.05) is 30.3 Å². The first-order valence-electron chi connectivity index (χ1n) is 7.10.